The van der Waals surface area contributed by atoms with Crippen LogP contribution in [0.15, 0.2) is 46.9 Å². The fourth-order valence-electron chi connectivity index (χ4n) is 1.99. The summed E-state index contributed by atoms with van der Waals surface area (Å²) < 4.78 is 13.5. The van der Waals surface area contributed by atoms with E-state index in [2.05, 4.69) is 15.9 Å². The molecule has 0 saturated heterocycles. The molecule has 1 amide bonds. The van der Waals surface area contributed by atoms with Gasteiger partial charge in [-0.05, 0) is 51.8 Å². The molecule has 0 saturated carbocycles. The molecule has 0 radical (unpaired) electrons. The van der Waals surface area contributed by atoms with Gasteiger partial charge >= 0.3 is 5.97 Å². The highest BCUT2D eigenvalue weighted by molar-refractivity contribution is 9.10. The minimum Gasteiger partial charge on any atom is -0.478 e. The minimum absolute atomic E-state index is 0.0591. The Labute approximate surface area is 135 Å². The van der Waals surface area contributed by atoms with Crippen molar-refractivity contribution in [3.63, 3.8) is 0 Å². The zero-order valence-corrected chi connectivity index (χ0v) is 13.3. The van der Waals surface area contributed by atoms with Gasteiger partial charge in [-0.15, -0.1) is 0 Å². The van der Waals surface area contributed by atoms with Gasteiger partial charge in [0, 0.05) is 19.2 Å². The average Bonchev–Trinajstić information content (AvgIpc) is 2.50. The van der Waals surface area contributed by atoms with Gasteiger partial charge in [-0.25, -0.2) is 9.18 Å². The summed E-state index contributed by atoms with van der Waals surface area (Å²) in [5.74, 6) is -1.75. The van der Waals surface area contributed by atoms with Gasteiger partial charge in [0.15, 0.2) is 0 Å². The summed E-state index contributed by atoms with van der Waals surface area (Å²) in [6, 6.07) is 10.4. The van der Waals surface area contributed by atoms with Crippen LogP contribution in [0.4, 0.5) is 4.39 Å². The fraction of sp³-hybridized carbons (Fsp3) is 0.125. The molecular formula is C16H13BrFNO3. The molecule has 2 aromatic carbocycles. The Bertz CT molecular complexity index is 733. The van der Waals surface area contributed by atoms with Gasteiger partial charge in [0.1, 0.15) is 5.82 Å². The maximum absolute atomic E-state index is 13.2. The van der Waals surface area contributed by atoms with Crippen LogP contribution in [-0.4, -0.2) is 28.9 Å². The summed E-state index contributed by atoms with van der Waals surface area (Å²) in [6.45, 7) is 0.287. The molecule has 0 heterocycles. The number of amides is 1. The van der Waals surface area contributed by atoms with Crippen molar-refractivity contribution in [1.82, 2.24) is 4.90 Å². The molecule has 0 aromatic heterocycles. The molecule has 0 unspecified atom stereocenters. The number of carbonyl (C=O) groups excluding carboxylic acids is 1. The van der Waals surface area contributed by atoms with Crippen LogP contribution >= 0.6 is 15.9 Å². The molecular weight excluding hydrogens is 353 g/mol. The fourth-order valence-corrected chi connectivity index (χ4v) is 2.42. The predicted octanol–water partition coefficient (Wildman–Crippen LogP) is 3.56. The number of benzene rings is 2. The van der Waals surface area contributed by atoms with Crippen molar-refractivity contribution in [2.45, 2.75) is 6.54 Å². The van der Waals surface area contributed by atoms with Gasteiger partial charge in [-0.1, -0.05) is 12.1 Å². The first-order valence-electron chi connectivity index (χ1n) is 6.41. The van der Waals surface area contributed by atoms with Crippen LogP contribution in [0.5, 0.6) is 0 Å². The number of carbonyl (C=O) groups is 2. The van der Waals surface area contributed by atoms with Gasteiger partial charge in [0.25, 0.3) is 5.91 Å². The smallest absolute Gasteiger partial charge is 0.335 e. The highest BCUT2D eigenvalue weighted by atomic mass is 79.9. The first-order chi connectivity index (χ1) is 10.4. The molecule has 1 N–H and O–H groups in total. The van der Waals surface area contributed by atoms with E-state index in [1.54, 1.807) is 25.2 Å². The quantitative estimate of drug-likeness (QED) is 0.900. The lowest BCUT2D eigenvalue weighted by atomic mass is 10.1. The van der Waals surface area contributed by atoms with Crippen LogP contribution in [0.3, 0.4) is 0 Å². The third-order valence-electron chi connectivity index (χ3n) is 3.11. The lowest BCUT2D eigenvalue weighted by molar-refractivity contribution is 0.0697. The van der Waals surface area contributed by atoms with E-state index in [1.807, 2.05) is 0 Å². The summed E-state index contributed by atoms with van der Waals surface area (Å²) >= 11 is 3.10. The average molecular weight is 366 g/mol. The highest BCUT2D eigenvalue weighted by Crippen LogP contribution is 2.18. The molecule has 0 aliphatic heterocycles. The van der Waals surface area contributed by atoms with Gasteiger partial charge in [0.05, 0.1) is 10.0 Å². The Hall–Kier alpha value is -2.21. The molecule has 0 fully saturated rings. The summed E-state index contributed by atoms with van der Waals surface area (Å²) in [7, 11) is 1.60. The Kier molecular flexibility index (Phi) is 4.92. The number of carboxylic acids is 1. The third-order valence-corrected chi connectivity index (χ3v) is 3.71. The molecule has 2 aromatic rings. The number of hydrogen-bond acceptors (Lipinski definition) is 2. The van der Waals surface area contributed by atoms with E-state index < -0.39 is 5.97 Å². The van der Waals surface area contributed by atoms with Crippen molar-refractivity contribution in [3.05, 3.63) is 69.4 Å². The second-order valence-electron chi connectivity index (χ2n) is 4.80. The number of rotatable bonds is 4. The lowest BCUT2D eigenvalue weighted by Gasteiger charge is -2.18. The van der Waals surface area contributed by atoms with E-state index in [1.165, 1.54) is 29.2 Å². The van der Waals surface area contributed by atoms with Gasteiger partial charge in [-0.2, -0.15) is 0 Å². The second-order valence-corrected chi connectivity index (χ2v) is 5.65. The van der Waals surface area contributed by atoms with Crippen LogP contribution < -0.4 is 0 Å². The van der Waals surface area contributed by atoms with Crippen molar-refractivity contribution in [2.75, 3.05) is 7.05 Å². The van der Waals surface area contributed by atoms with Gasteiger partial charge in [-0.3, -0.25) is 4.79 Å². The van der Waals surface area contributed by atoms with Gasteiger partial charge < -0.3 is 10.0 Å². The van der Waals surface area contributed by atoms with E-state index in [0.29, 0.717) is 10.0 Å². The van der Waals surface area contributed by atoms with Gasteiger partial charge in [0.2, 0.25) is 0 Å². The molecule has 22 heavy (non-hydrogen) atoms. The van der Waals surface area contributed by atoms with Crippen molar-refractivity contribution in [2.24, 2.45) is 0 Å². The Morgan fingerprint density at radius 1 is 1.18 bits per heavy atom. The van der Waals surface area contributed by atoms with E-state index >= 15 is 0 Å². The number of halogens is 2. The number of nitrogens with zero attached hydrogens (tertiary/aromatic N) is 1. The monoisotopic (exact) mass is 365 g/mol. The van der Waals surface area contributed by atoms with Crippen molar-refractivity contribution in [3.8, 4) is 0 Å². The van der Waals surface area contributed by atoms with Crippen molar-refractivity contribution in [1.29, 1.82) is 0 Å². The van der Waals surface area contributed by atoms with Crippen molar-refractivity contribution < 1.29 is 19.1 Å². The molecule has 114 valence electrons. The molecule has 0 atom stereocenters. The second kappa shape index (κ2) is 6.70. The zero-order chi connectivity index (χ0) is 16.3. The summed E-state index contributed by atoms with van der Waals surface area (Å²) in [4.78, 5) is 24.7. The maximum atomic E-state index is 13.2. The van der Waals surface area contributed by atoms with Crippen LogP contribution in [0, 0.1) is 5.82 Å². The number of aromatic carboxylic acids is 1. The Morgan fingerprint density at radius 3 is 2.50 bits per heavy atom. The SMILES string of the molecule is CN(Cc1ccc(F)c(Br)c1)C(=O)c1cccc(C(=O)O)c1. The van der Waals surface area contributed by atoms with E-state index in [4.69, 9.17) is 5.11 Å². The molecule has 0 aliphatic carbocycles. The largest absolute Gasteiger partial charge is 0.478 e. The maximum Gasteiger partial charge on any atom is 0.335 e. The lowest BCUT2D eigenvalue weighted by Crippen LogP contribution is -2.26. The van der Waals surface area contributed by atoms with Crippen LogP contribution in [-0.2, 0) is 6.54 Å². The molecule has 0 spiro atoms. The number of hydrogen-bond donors (Lipinski definition) is 1. The molecule has 6 heteroatoms. The van der Waals surface area contributed by atoms with Crippen LogP contribution in [0.25, 0.3) is 0 Å². The Morgan fingerprint density at radius 2 is 1.86 bits per heavy atom. The standard InChI is InChI=1S/C16H13BrFNO3/c1-19(9-10-5-6-14(18)13(17)7-10)15(20)11-3-2-4-12(8-11)16(21)22/h2-8H,9H2,1H3,(H,21,22). The molecule has 0 aliphatic rings. The van der Waals surface area contributed by atoms with E-state index in [-0.39, 0.29) is 23.8 Å². The Balaban J connectivity index is 2.16. The molecule has 2 rings (SSSR count). The van der Waals surface area contributed by atoms with E-state index in [9.17, 15) is 14.0 Å². The van der Waals surface area contributed by atoms with Crippen LogP contribution in [0.1, 0.15) is 26.3 Å². The highest BCUT2D eigenvalue weighted by Gasteiger charge is 2.14. The molecule has 0 bridgehead atoms. The summed E-state index contributed by atoms with van der Waals surface area (Å²) in [6.07, 6.45) is 0. The number of carboxylic acid groups (broad SMARTS) is 1. The third kappa shape index (κ3) is 3.71. The summed E-state index contributed by atoms with van der Waals surface area (Å²) in [5.41, 5.74) is 1.12. The van der Waals surface area contributed by atoms with E-state index in [0.717, 1.165) is 5.56 Å². The topological polar surface area (TPSA) is 57.6 Å². The minimum atomic E-state index is -1.08. The normalized spacial score (nSPS) is 10.3. The van der Waals surface area contributed by atoms with Crippen LogP contribution in [0.2, 0.25) is 0 Å². The first kappa shape index (κ1) is 16.2. The molecule has 4 nitrogen and oxygen atoms in total. The first-order valence-corrected chi connectivity index (χ1v) is 7.20. The predicted molar refractivity (Wildman–Crippen MR) is 83.3 cm³/mol. The van der Waals surface area contributed by atoms with Crippen molar-refractivity contribution >= 4 is 27.8 Å². The summed E-state index contributed by atoms with van der Waals surface area (Å²) in [5, 5.41) is 8.96. The zero-order valence-electron chi connectivity index (χ0n) is 11.7.